The second kappa shape index (κ2) is 14.1. The van der Waals surface area contributed by atoms with Crippen molar-refractivity contribution >= 4 is 61.4 Å². The molecule has 0 spiro atoms. The van der Waals surface area contributed by atoms with Crippen molar-refractivity contribution < 1.29 is 19.1 Å². The van der Waals surface area contributed by atoms with E-state index in [1.165, 1.54) is 16.7 Å². The molecule has 3 aliphatic rings. The number of nitrogens with zero attached hydrogens (tertiary/aromatic N) is 3. The second-order valence-electron chi connectivity index (χ2n) is 13.2. The molecule has 44 heavy (non-hydrogen) atoms. The van der Waals surface area contributed by atoms with Crippen LogP contribution in [0, 0.1) is 11.8 Å². The van der Waals surface area contributed by atoms with Gasteiger partial charge < -0.3 is 19.9 Å². The Morgan fingerprint density at radius 1 is 0.955 bits per heavy atom. The number of fused-ring (bicyclic) bond motifs is 2. The molecule has 2 fully saturated rings. The number of ether oxygens (including phenoxy) is 1. The molecule has 0 bridgehead atoms. The van der Waals surface area contributed by atoms with Crippen molar-refractivity contribution in [2.75, 3.05) is 32.7 Å². The smallest absolute Gasteiger partial charge is 0.408 e. The van der Waals surface area contributed by atoms with Crippen LogP contribution in [-0.4, -0.2) is 71.0 Å². The average Bonchev–Trinajstić information content (AvgIpc) is 3.12. The lowest BCUT2D eigenvalue weighted by Gasteiger charge is -2.38. The van der Waals surface area contributed by atoms with Crippen molar-refractivity contribution in [2.24, 2.45) is 11.8 Å². The lowest BCUT2D eigenvalue weighted by molar-refractivity contribution is -0.134. The summed E-state index contributed by atoms with van der Waals surface area (Å²) < 4.78 is 7.24. The van der Waals surface area contributed by atoms with Gasteiger partial charge in [0, 0.05) is 58.7 Å². The van der Waals surface area contributed by atoms with Gasteiger partial charge in [0.1, 0.15) is 12.1 Å². The number of amides is 3. The van der Waals surface area contributed by atoms with Crippen molar-refractivity contribution in [3.05, 3.63) is 60.7 Å². The zero-order valence-electron chi connectivity index (χ0n) is 25.6. The van der Waals surface area contributed by atoms with Gasteiger partial charge in [-0.2, -0.15) is 0 Å². The molecule has 3 amide bonds. The van der Waals surface area contributed by atoms with Crippen LogP contribution in [0.25, 0.3) is 0 Å². The molecule has 1 aromatic carbocycles. The third-order valence-corrected chi connectivity index (χ3v) is 10.3. The first kappa shape index (κ1) is 33.2. The van der Waals surface area contributed by atoms with Crippen LogP contribution < -0.4 is 5.32 Å². The number of aromatic nitrogens is 1. The summed E-state index contributed by atoms with van der Waals surface area (Å²) >= 11 is 13.9. The van der Waals surface area contributed by atoms with Crippen LogP contribution in [0.5, 0.6) is 0 Å². The van der Waals surface area contributed by atoms with Crippen LogP contribution in [0.15, 0.2) is 33.3 Å². The van der Waals surface area contributed by atoms with Gasteiger partial charge in [0.2, 0.25) is 11.8 Å². The molecular weight excluding hydrogens is 712 g/mol. The highest BCUT2D eigenvalue weighted by Gasteiger charge is 2.37. The number of alkyl carbamates (subject to hydrolysis) is 1. The Labute approximate surface area is 281 Å². The summed E-state index contributed by atoms with van der Waals surface area (Å²) in [4.78, 5) is 46.6. The third kappa shape index (κ3) is 8.15. The second-order valence-corrected chi connectivity index (χ2v) is 15.4. The molecule has 11 heteroatoms. The summed E-state index contributed by atoms with van der Waals surface area (Å²) in [6, 6.07) is 6.29. The molecule has 1 aliphatic carbocycles. The van der Waals surface area contributed by atoms with E-state index in [-0.39, 0.29) is 30.2 Å². The quantitative estimate of drug-likeness (QED) is 0.360. The third-order valence-electron chi connectivity index (χ3n) is 8.99. The molecule has 0 radical (unpaired) electrons. The van der Waals surface area contributed by atoms with Crippen molar-refractivity contribution in [3.8, 4) is 0 Å². The maximum Gasteiger partial charge on any atom is 0.408 e. The number of halogens is 3. The Bertz CT molecular complexity index is 1400. The number of benzene rings is 1. The lowest BCUT2D eigenvalue weighted by Crippen LogP contribution is -2.46. The van der Waals surface area contributed by atoms with Crippen molar-refractivity contribution in [2.45, 2.75) is 77.2 Å². The highest BCUT2D eigenvalue weighted by Crippen LogP contribution is 2.46. The van der Waals surface area contributed by atoms with E-state index >= 15 is 0 Å². The Balaban J connectivity index is 1.15. The molecule has 1 unspecified atom stereocenters. The van der Waals surface area contributed by atoms with Gasteiger partial charge in [0.05, 0.1) is 5.69 Å². The van der Waals surface area contributed by atoms with E-state index in [4.69, 9.17) is 21.3 Å². The van der Waals surface area contributed by atoms with Crippen LogP contribution >= 0.6 is 43.5 Å². The number of hydrogen-bond acceptors (Lipinski definition) is 5. The number of nitrogens with one attached hydrogen (secondary N) is 1. The average molecular weight is 753 g/mol. The standard InChI is InChI=1S/C33H41Br2ClN4O4/c1-33(2,3)44-32(43)38-19-28(42)40-10-6-20(7-11-40)14-27(41)39-12-8-21(9-13-39)30-29-22(16-25(36)17-26(29)35)4-5-23-15-24(34)18-37-31(23)30/h15-18,20-21,30H,4-14,19H2,1-3H3,(H,38,43). The van der Waals surface area contributed by atoms with Gasteiger partial charge in [-0.25, -0.2) is 4.79 Å². The van der Waals surface area contributed by atoms with E-state index in [1.807, 2.05) is 17.2 Å². The molecule has 1 atom stereocenters. The fourth-order valence-electron chi connectivity index (χ4n) is 6.85. The molecule has 238 valence electrons. The number of aryl methyl sites for hydroxylation is 2. The maximum atomic E-state index is 13.4. The minimum atomic E-state index is -0.611. The molecule has 0 saturated carbocycles. The zero-order valence-corrected chi connectivity index (χ0v) is 29.6. The van der Waals surface area contributed by atoms with Gasteiger partial charge in [-0.15, -0.1) is 0 Å². The van der Waals surface area contributed by atoms with Crippen LogP contribution in [-0.2, 0) is 27.2 Å². The number of rotatable bonds is 5. The number of carbonyl (C=O) groups excluding carboxylic acids is 3. The van der Waals surface area contributed by atoms with Gasteiger partial charge in [-0.3, -0.25) is 14.6 Å². The number of piperidine rings is 2. The van der Waals surface area contributed by atoms with Gasteiger partial charge in [0.15, 0.2) is 0 Å². The number of carbonyl (C=O) groups is 3. The number of pyridine rings is 1. The van der Waals surface area contributed by atoms with Crippen LogP contribution in [0.2, 0.25) is 5.02 Å². The Morgan fingerprint density at radius 2 is 1.59 bits per heavy atom. The summed E-state index contributed by atoms with van der Waals surface area (Å²) in [6.45, 7) is 7.93. The molecule has 5 rings (SSSR count). The predicted molar refractivity (Wildman–Crippen MR) is 178 cm³/mol. The van der Waals surface area contributed by atoms with Crippen LogP contribution in [0.1, 0.15) is 81.2 Å². The van der Waals surface area contributed by atoms with Gasteiger partial charge >= 0.3 is 6.09 Å². The SMILES string of the molecule is CC(C)(C)OC(=O)NCC(=O)N1CCC(CC(=O)N2CCC(C3c4ncc(Br)cc4CCc4cc(Cl)cc(Br)c43)CC2)CC1. The van der Waals surface area contributed by atoms with E-state index in [1.54, 1.807) is 25.7 Å². The topological polar surface area (TPSA) is 91.8 Å². The zero-order chi connectivity index (χ0) is 31.6. The van der Waals surface area contributed by atoms with E-state index < -0.39 is 11.7 Å². The fraction of sp³-hybridized carbons (Fsp3) is 0.576. The number of likely N-dealkylation sites (tertiary alicyclic amines) is 2. The van der Waals surface area contributed by atoms with Crippen molar-refractivity contribution in [1.82, 2.24) is 20.1 Å². The van der Waals surface area contributed by atoms with Crippen molar-refractivity contribution in [3.63, 3.8) is 0 Å². The summed E-state index contributed by atoms with van der Waals surface area (Å²) in [5.41, 5.74) is 4.36. The molecule has 1 aromatic heterocycles. The largest absolute Gasteiger partial charge is 0.444 e. The van der Waals surface area contributed by atoms with E-state index in [2.05, 4.69) is 49.3 Å². The fourth-order valence-corrected chi connectivity index (χ4v) is 8.35. The van der Waals surface area contributed by atoms with Crippen molar-refractivity contribution in [1.29, 1.82) is 0 Å². The van der Waals surface area contributed by atoms with E-state index in [9.17, 15) is 14.4 Å². The van der Waals surface area contributed by atoms with Gasteiger partial charge in [-0.1, -0.05) is 27.5 Å². The minimum Gasteiger partial charge on any atom is -0.444 e. The normalized spacial score (nSPS) is 19.5. The minimum absolute atomic E-state index is 0.0835. The first-order valence-electron chi connectivity index (χ1n) is 15.5. The summed E-state index contributed by atoms with van der Waals surface area (Å²) in [7, 11) is 0. The molecule has 1 N–H and O–H groups in total. The first-order valence-corrected chi connectivity index (χ1v) is 17.5. The molecule has 8 nitrogen and oxygen atoms in total. The monoisotopic (exact) mass is 750 g/mol. The summed E-state index contributed by atoms with van der Waals surface area (Å²) in [5, 5.41) is 3.28. The van der Waals surface area contributed by atoms with E-state index in [0.717, 1.165) is 71.3 Å². The highest BCUT2D eigenvalue weighted by molar-refractivity contribution is 9.10. The van der Waals surface area contributed by atoms with Gasteiger partial charge in [0.25, 0.3) is 0 Å². The highest BCUT2D eigenvalue weighted by atomic mass is 79.9. The number of hydrogen-bond donors (Lipinski definition) is 1. The molecule has 2 saturated heterocycles. The summed E-state index contributed by atoms with van der Waals surface area (Å²) in [6.07, 6.45) is 7.05. The van der Waals surface area contributed by atoms with E-state index in [0.29, 0.717) is 25.4 Å². The molecule has 3 heterocycles. The molecule has 2 aliphatic heterocycles. The Hall–Kier alpha value is -2.17. The Morgan fingerprint density at radius 3 is 2.27 bits per heavy atom. The first-order chi connectivity index (χ1) is 20.9. The molecular formula is C33H41Br2ClN4O4. The van der Waals surface area contributed by atoms with Crippen LogP contribution in [0.4, 0.5) is 4.79 Å². The molecule has 2 aromatic rings. The van der Waals surface area contributed by atoms with Crippen LogP contribution in [0.3, 0.4) is 0 Å². The Kier molecular flexibility index (Phi) is 10.6. The predicted octanol–water partition coefficient (Wildman–Crippen LogP) is 6.88. The lowest BCUT2D eigenvalue weighted by atomic mass is 9.76. The maximum absolute atomic E-state index is 13.4. The van der Waals surface area contributed by atoms with Gasteiger partial charge in [-0.05, 0) is 122 Å². The summed E-state index contributed by atoms with van der Waals surface area (Å²) in [5.74, 6) is 0.846.